The number of halogens is 2. The van der Waals surface area contributed by atoms with Crippen molar-refractivity contribution in [3.05, 3.63) is 36.4 Å². The van der Waals surface area contributed by atoms with Crippen LogP contribution in [0.15, 0.2) is 24.8 Å². The first-order valence-electron chi connectivity index (χ1n) is 5.67. The van der Waals surface area contributed by atoms with E-state index in [4.69, 9.17) is 0 Å². The maximum absolute atomic E-state index is 13.6. The van der Waals surface area contributed by atoms with Crippen molar-refractivity contribution in [2.24, 2.45) is 0 Å². The molecule has 3 nitrogen and oxygen atoms in total. The summed E-state index contributed by atoms with van der Waals surface area (Å²) >= 11 is 0. The molecule has 1 atom stereocenters. The summed E-state index contributed by atoms with van der Waals surface area (Å²) in [7, 11) is 0. The van der Waals surface area contributed by atoms with Gasteiger partial charge in [0, 0.05) is 6.04 Å². The molecule has 1 aromatic rings. The van der Waals surface area contributed by atoms with E-state index in [1.54, 1.807) is 0 Å². The Balaban J connectivity index is 3.12. The number of nitrogens with one attached hydrogen (secondary N) is 2. The highest BCUT2D eigenvalue weighted by molar-refractivity contribution is 6.01. The Kier molecular flexibility index (Phi) is 4.83. The van der Waals surface area contributed by atoms with Crippen LogP contribution in [-0.2, 0) is 4.79 Å². The van der Waals surface area contributed by atoms with Crippen LogP contribution in [0.3, 0.4) is 0 Å². The summed E-state index contributed by atoms with van der Waals surface area (Å²) in [5.41, 5.74) is 0.152. The average molecular weight is 254 g/mol. The summed E-state index contributed by atoms with van der Waals surface area (Å²) in [6.45, 7) is 7.13. The molecule has 0 aliphatic heterocycles. The number of carbonyl (C=O) groups excluding carboxylic acids is 1. The summed E-state index contributed by atoms with van der Waals surface area (Å²) < 4.78 is 26.8. The topological polar surface area (TPSA) is 41.1 Å². The third kappa shape index (κ3) is 3.29. The van der Waals surface area contributed by atoms with Crippen LogP contribution in [0.25, 0.3) is 0 Å². The molecule has 98 valence electrons. The van der Waals surface area contributed by atoms with Gasteiger partial charge in [-0.15, -0.1) is 0 Å². The lowest BCUT2D eigenvalue weighted by Gasteiger charge is -2.17. The van der Waals surface area contributed by atoms with Crippen molar-refractivity contribution < 1.29 is 13.6 Å². The molecule has 1 aromatic carbocycles. The Morgan fingerprint density at radius 3 is 2.72 bits per heavy atom. The lowest BCUT2D eigenvalue weighted by Crippen LogP contribution is -2.18. The highest BCUT2D eigenvalue weighted by Gasteiger charge is 2.15. The molecule has 5 heteroatoms. The quantitative estimate of drug-likeness (QED) is 0.791. The van der Waals surface area contributed by atoms with Gasteiger partial charge in [0.05, 0.1) is 5.69 Å². The zero-order valence-electron chi connectivity index (χ0n) is 10.4. The Morgan fingerprint density at radius 1 is 1.50 bits per heavy atom. The zero-order chi connectivity index (χ0) is 13.7. The number of carbonyl (C=O) groups is 1. The summed E-state index contributed by atoms with van der Waals surface area (Å²) in [4.78, 5) is 11.2. The van der Waals surface area contributed by atoms with Gasteiger partial charge in [0.25, 0.3) is 0 Å². The van der Waals surface area contributed by atoms with Crippen LogP contribution < -0.4 is 10.6 Å². The van der Waals surface area contributed by atoms with E-state index in [1.807, 2.05) is 13.8 Å². The molecule has 1 rings (SSSR count). The molecule has 2 N–H and O–H groups in total. The monoisotopic (exact) mass is 254 g/mol. The van der Waals surface area contributed by atoms with Crippen LogP contribution >= 0.6 is 0 Å². The molecule has 0 saturated carbocycles. The van der Waals surface area contributed by atoms with Crippen LogP contribution in [0, 0.1) is 11.6 Å². The Bertz CT molecular complexity index is 461. The van der Waals surface area contributed by atoms with Crippen molar-refractivity contribution in [3.63, 3.8) is 0 Å². The molecular weight excluding hydrogens is 238 g/mol. The molecule has 1 amide bonds. The first-order chi connectivity index (χ1) is 8.49. The standard InChI is InChI=1S/C13H16F2N2O/c1-4-8(3)16-10-7-6-9(14)12(15)13(10)17-11(18)5-2/h5-8,16H,2,4H2,1,3H3,(H,17,18). The number of amides is 1. The molecule has 0 fully saturated rings. The van der Waals surface area contributed by atoms with Gasteiger partial charge < -0.3 is 10.6 Å². The molecule has 0 spiro atoms. The van der Waals surface area contributed by atoms with E-state index < -0.39 is 17.5 Å². The minimum absolute atomic E-state index is 0.0780. The predicted molar refractivity (Wildman–Crippen MR) is 68.6 cm³/mol. The first kappa shape index (κ1) is 14.2. The molecule has 18 heavy (non-hydrogen) atoms. The van der Waals surface area contributed by atoms with E-state index in [2.05, 4.69) is 17.2 Å². The van der Waals surface area contributed by atoms with Crippen LogP contribution in [0.2, 0.25) is 0 Å². The van der Waals surface area contributed by atoms with Crippen LogP contribution in [0.1, 0.15) is 20.3 Å². The smallest absolute Gasteiger partial charge is 0.247 e. The molecule has 0 bridgehead atoms. The number of benzene rings is 1. The van der Waals surface area contributed by atoms with Gasteiger partial charge in [-0.2, -0.15) is 0 Å². The minimum Gasteiger partial charge on any atom is -0.381 e. The van der Waals surface area contributed by atoms with E-state index in [0.29, 0.717) is 5.69 Å². The summed E-state index contributed by atoms with van der Waals surface area (Å²) in [6.07, 6.45) is 1.81. The number of hydrogen-bond acceptors (Lipinski definition) is 2. The SMILES string of the molecule is C=CC(=O)Nc1c(NC(C)CC)ccc(F)c1F. The summed E-state index contributed by atoms with van der Waals surface area (Å²) in [5.74, 6) is -2.69. The van der Waals surface area contributed by atoms with Crippen molar-refractivity contribution in [2.75, 3.05) is 10.6 Å². The molecule has 1 unspecified atom stereocenters. The van der Waals surface area contributed by atoms with Gasteiger partial charge in [0.15, 0.2) is 11.6 Å². The van der Waals surface area contributed by atoms with Crippen molar-refractivity contribution >= 4 is 17.3 Å². The van der Waals surface area contributed by atoms with Gasteiger partial charge in [0.1, 0.15) is 5.69 Å². The van der Waals surface area contributed by atoms with E-state index in [1.165, 1.54) is 6.07 Å². The average Bonchev–Trinajstić information content (AvgIpc) is 2.37. The predicted octanol–water partition coefficient (Wildman–Crippen LogP) is 3.30. The fraction of sp³-hybridized carbons (Fsp3) is 0.308. The highest BCUT2D eigenvalue weighted by Crippen LogP contribution is 2.28. The van der Waals surface area contributed by atoms with Crippen molar-refractivity contribution in [2.45, 2.75) is 26.3 Å². The van der Waals surface area contributed by atoms with E-state index in [0.717, 1.165) is 18.6 Å². The van der Waals surface area contributed by atoms with E-state index in [-0.39, 0.29) is 11.7 Å². The van der Waals surface area contributed by atoms with Gasteiger partial charge >= 0.3 is 0 Å². The van der Waals surface area contributed by atoms with E-state index in [9.17, 15) is 13.6 Å². The van der Waals surface area contributed by atoms with Crippen LogP contribution in [0.4, 0.5) is 20.2 Å². The zero-order valence-corrected chi connectivity index (χ0v) is 10.4. The molecular formula is C13H16F2N2O. The Hall–Kier alpha value is -1.91. The van der Waals surface area contributed by atoms with Crippen LogP contribution in [-0.4, -0.2) is 11.9 Å². The highest BCUT2D eigenvalue weighted by atomic mass is 19.2. The van der Waals surface area contributed by atoms with Crippen molar-refractivity contribution in [1.29, 1.82) is 0 Å². The second-order valence-electron chi connectivity index (χ2n) is 3.93. The van der Waals surface area contributed by atoms with Gasteiger partial charge in [-0.05, 0) is 31.6 Å². The second kappa shape index (κ2) is 6.14. The lowest BCUT2D eigenvalue weighted by molar-refractivity contribution is -0.111. The van der Waals surface area contributed by atoms with Gasteiger partial charge in [0.2, 0.25) is 5.91 Å². The molecule has 0 aromatic heterocycles. The molecule has 0 aliphatic carbocycles. The van der Waals surface area contributed by atoms with E-state index >= 15 is 0 Å². The fourth-order valence-electron chi connectivity index (χ4n) is 1.33. The summed E-state index contributed by atoms with van der Waals surface area (Å²) in [5, 5.41) is 5.27. The Labute approximate surface area is 105 Å². The maximum atomic E-state index is 13.6. The van der Waals surface area contributed by atoms with Gasteiger partial charge in [-0.25, -0.2) is 8.78 Å². The van der Waals surface area contributed by atoms with Crippen LogP contribution in [0.5, 0.6) is 0 Å². The molecule has 0 radical (unpaired) electrons. The molecule has 0 saturated heterocycles. The number of hydrogen-bond donors (Lipinski definition) is 2. The van der Waals surface area contributed by atoms with Gasteiger partial charge in [-0.3, -0.25) is 4.79 Å². The number of rotatable bonds is 5. The normalized spacial score (nSPS) is 11.8. The summed E-state index contributed by atoms with van der Waals surface area (Å²) in [6, 6.07) is 2.49. The lowest BCUT2D eigenvalue weighted by atomic mass is 10.2. The third-order valence-corrected chi connectivity index (χ3v) is 2.54. The molecule has 0 aliphatic rings. The minimum atomic E-state index is -1.08. The number of anilines is 2. The maximum Gasteiger partial charge on any atom is 0.247 e. The largest absolute Gasteiger partial charge is 0.381 e. The fourth-order valence-corrected chi connectivity index (χ4v) is 1.33. The molecule has 0 heterocycles. The first-order valence-corrected chi connectivity index (χ1v) is 5.67. The third-order valence-electron chi connectivity index (χ3n) is 2.54. The Morgan fingerprint density at radius 2 is 2.17 bits per heavy atom. The van der Waals surface area contributed by atoms with Crippen molar-refractivity contribution in [1.82, 2.24) is 0 Å². The van der Waals surface area contributed by atoms with Crippen molar-refractivity contribution in [3.8, 4) is 0 Å². The second-order valence-corrected chi connectivity index (χ2v) is 3.93. The van der Waals surface area contributed by atoms with Gasteiger partial charge in [-0.1, -0.05) is 13.5 Å².